The molecule has 0 bridgehead atoms. The maximum Gasteiger partial charge on any atom is 0.316 e. The highest BCUT2D eigenvalue weighted by Gasteiger charge is 2.27. The van der Waals surface area contributed by atoms with Gasteiger partial charge in [-0.15, -0.1) is 0 Å². The lowest BCUT2D eigenvalue weighted by Crippen LogP contribution is -2.52. The second-order valence-corrected chi connectivity index (χ2v) is 4.85. The van der Waals surface area contributed by atoms with E-state index in [-0.39, 0.29) is 6.42 Å². The number of carboxylic acid groups (broad SMARTS) is 1. The van der Waals surface area contributed by atoms with Crippen molar-refractivity contribution in [2.24, 2.45) is 5.73 Å². The van der Waals surface area contributed by atoms with Gasteiger partial charge < -0.3 is 21.1 Å². The van der Waals surface area contributed by atoms with E-state index in [9.17, 15) is 14.4 Å². The van der Waals surface area contributed by atoms with Gasteiger partial charge in [0.05, 0.1) is 0 Å². The highest BCUT2D eigenvalue weighted by atomic mass is 16.4. The Labute approximate surface area is 121 Å². The molecule has 1 aromatic rings. The molecule has 7 heteroatoms. The number of nitrogens with two attached hydrogens (primary N) is 1. The first-order chi connectivity index (χ1) is 9.99. The molecule has 2 rings (SSSR count). The van der Waals surface area contributed by atoms with Crippen LogP contribution in [0, 0.1) is 0 Å². The van der Waals surface area contributed by atoms with Gasteiger partial charge in [-0.3, -0.25) is 14.4 Å². The minimum atomic E-state index is -0.899. The number of amides is 2. The first-order valence-electron chi connectivity index (χ1n) is 6.66. The normalized spacial score (nSPS) is 16.5. The van der Waals surface area contributed by atoms with Crippen LogP contribution in [0.25, 0.3) is 0 Å². The highest BCUT2D eigenvalue weighted by molar-refractivity contribution is 6.41. The number of anilines is 1. The number of carboxylic acids is 1. The molecule has 0 aromatic heterocycles. The van der Waals surface area contributed by atoms with Crippen LogP contribution in [-0.4, -0.2) is 36.0 Å². The largest absolute Gasteiger partial charge is 0.481 e. The van der Waals surface area contributed by atoms with Crippen molar-refractivity contribution in [2.45, 2.75) is 18.9 Å². The van der Waals surface area contributed by atoms with Crippen molar-refractivity contribution in [1.82, 2.24) is 5.32 Å². The molecule has 7 nitrogen and oxygen atoms in total. The molecule has 0 spiro atoms. The van der Waals surface area contributed by atoms with E-state index in [0.717, 1.165) is 5.56 Å². The monoisotopic (exact) mass is 291 g/mol. The highest BCUT2D eigenvalue weighted by Crippen LogP contribution is 2.23. The third kappa shape index (κ3) is 3.57. The molecule has 1 unspecified atom stereocenters. The fraction of sp³-hybridized carbons (Fsp3) is 0.357. The lowest BCUT2D eigenvalue weighted by molar-refractivity contribution is -0.138. The van der Waals surface area contributed by atoms with Crippen LogP contribution in [0.4, 0.5) is 5.69 Å². The van der Waals surface area contributed by atoms with Gasteiger partial charge in [0.15, 0.2) is 0 Å². The lowest BCUT2D eigenvalue weighted by Gasteiger charge is -2.27. The Morgan fingerprint density at radius 3 is 2.90 bits per heavy atom. The summed E-state index contributed by atoms with van der Waals surface area (Å²) in [4.78, 5) is 35.2. The Morgan fingerprint density at radius 2 is 2.19 bits per heavy atom. The van der Waals surface area contributed by atoms with Crippen molar-refractivity contribution >= 4 is 23.5 Å². The summed E-state index contributed by atoms with van der Waals surface area (Å²) in [6.07, 6.45) is 0.295. The van der Waals surface area contributed by atoms with E-state index < -0.39 is 23.8 Å². The molecule has 1 aliphatic heterocycles. The van der Waals surface area contributed by atoms with Crippen molar-refractivity contribution in [3.63, 3.8) is 0 Å². The van der Waals surface area contributed by atoms with Gasteiger partial charge >= 0.3 is 17.8 Å². The molecule has 1 aliphatic rings. The summed E-state index contributed by atoms with van der Waals surface area (Å²) in [7, 11) is 0. The van der Waals surface area contributed by atoms with E-state index in [2.05, 4.69) is 5.32 Å². The van der Waals surface area contributed by atoms with E-state index in [1.807, 2.05) is 0 Å². The topological polar surface area (TPSA) is 113 Å². The molecule has 1 heterocycles. The Hall–Kier alpha value is -2.41. The van der Waals surface area contributed by atoms with Gasteiger partial charge in [0.1, 0.15) is 0 Å². The van der Waals surface area contributed by atoms with Crippen LogP contribution in [0.2, 0.25) is 0 Å². The molecule has 112 valence electrons. The molecule has 1 fully saturated rings. The van der Waals surface area contributed by atoms with Crippen LogP contribution in [0.1, 0.15) is 24.4 Å². The van der Waals surface area contributed by atoms with Crippen molar-refractivity contribution in [2.75, 3.05) is 18.0 Å². The van der Waals surface area contributed by atoms with Gasteiger partial charge in [-0.2, -0.15) is 0 Å². The predicted octanol–water partition coefficient (Wildman–Crippen LogP) is 0.0140. The quantitative estimate of drug-likeness (QED) is 0.662. The average molecular weight is 291 g/mol. The molecule has 0 aliphatic carbocycles. The summed E-state index contributed by atoms with van der Waals surface area (Å²) in [5.74, 6) is -2.12. The summed E-state index contributed by atoms with van der Waals surface area (Å²) in [5.41, 5.74) is 7.30. The first kappa shape index (κ1) is 15.0. The van der Waals surface area contributed by atoms with Crippen LogP contribution < -0.4 is 16.0 Å². The Balaban J connectivity index is 2.15. The van der Waals surface area contributed by atoms with Crippen LogP contribution >= 0.6 is 0 Å². The second kappa shape index (κ2) is 6.36. The Bertz CT molecular complexity index is 573. The van der Waals surface area contributed by atoms with Gasteiger partial charge in [0.25, 0.3) is 0 Å². The number of rotatable bonds is 5. The summed E-state index contributed by atoms with van der Waals surface area (Å²) in [6.45, 7) is 0.804. The lowest BCUT2D eigenvalue weighted by atomic mass is 10.0. The fourth-order valence-electron chi connectivity index (χ4n) is 2.20. The van der Waals surface area contributed by atoms with Crippen molar-refractivity contribution in [1.29, 1.82) is 0 Å². The summed E-state index contributed by atoms with van der Waals surface area (Å²) < 4.78 is 0. The van der Waals surface area contributed by atoms with Crippen LogP contribution in [0.5, 0.6) is 0 Å². The Morgan fingerprint density at radius 1 is 1.43 bits per heavy atom. The standard InChI is InChI=1S/C14H17N3O4/c15-11(4-5-12(18)19)9-2-1-3-10(8-9)17-7-6-16-13(20)14(17)21/h1-3,8,11H,4-7,15H2,(H,16,20)(H,18,19). The van der Waals surface area contributed by atoms with E-state index in [4.69, 9.17) is 10.8 Å². The van der Waals surface area contributed by atoms with Crippen LogP contribution in [-0.2, 0) is 14.4 Å². The molecular formula is C14H17N3O4. The number of carbonyl (C=O) groups is 3. The number of nitrogens with zero attached hydrogens (tertiary/aromatic N) is 1. The van der Waals surface area contributed by atoms with E-state index in [1.165, 1.54) is 4.90 Å². The van der Waals surface area contributed by atoms with Gasteiger partial charge in [-0.25, -0.2) is 0 Å². The van der Waals surface area contributed by atoms with E-state index in [0.29, 0.717) is 25.2 Å². The van der Waals surface area contributed by atoms with E-state index >= 15 is 0 Å². The van der Waals surface area contributed by atoms with Gasteiger partial charge in [0.2, 0.25) is 0 Å². The van der Waals surface area contributed by atoms with Gasteiger partial charge in [0, 0.05) is 31.2 Å². The molecule has 2 amide bonds. The van der Waals surface area contributed by atoms with Crippen molar-refractivity contribution in [3.05, 3.63) is 29.8 Å². The molecule has 0 radical (unpaired) electrons. The van der Waals surface area contributed by atoms with Gasteiger partial charge in [-0.05, 0) is 24.1 Å². The smallest absolute Gasteiger partial charge is 0.316 e. The molecule has 1 atom stereocenters. The second-order valence-electron chi connectivity index (χ2n) is 4.85. The molecule has 0 saturated carbocycles. The zero-order valence-corrected chi connectivity index (χ0v) is 11.4. The number of piperazine rings is 1. The minimum absolute atomic E-state index is 0.0174. The number of aliphatic carboxylic acids is 1. The first-order valence-corrected chi connectivity index (χ1v) is 6.66. The minimum Gasteiger partial charge on any atom is -0.481 e. The van der Waals surface area contributed by atoms with E-state index in [1.54, 1.807) is 24.3 Å². The number of hydrogen-bond donors (Lipinski definition) is 3. The van der Waals surface area contributed by atoms with Crippen LogP contribution in [0.15, 0.2) is 24.3 Å². The zero-order valence-electron chi connectivity index (χ0n) is 11.4. The third-order valence-electron chi connectivity index (χ3n) is 3.34. The number of hydrogen-bond acceptors (Lipinski definition) is 4. The number of carbonyl (C=O) groups excluding carboxylic acids is 2. The maximum atomic E-state index is 11.8. The summed E-state index contributed by atoms with van der Waals surface area (Å²) >= 11 is 0. The molecule has 1 aromatic carbocycles. The zero-order chi connectivity index (χ0) is 15.4. The molecule has 21 heavy (non-hydrogen) atoms. The van der Waals surface area contributed by atoms with Gasteiger partial charge in [-0.1, -0.05) is 12.1 Å². The van der Waals surface area contributed by atoms with Crippen molar-refractivity contribution in [3.8, 4) is 0 Å². The molecule has 4 N–H and O–H groups in total. The number of nitrogens with one attached hydrogen (secondary N) is 1. The summed E-state index contributed by atoms with van der Waals surface area (Å²) in [5, 5.41) is 11.2. The number of benzene rings is 1. The van der Waals surface area contributed by atoms with Crippen molar-refractivity contribution < 1.29 is 19.5 Å². The molecule has 1 saturated heterocycles. The Kier molecular flexibility index (Phi) is 4.54. The third-order valence-corrected chi connectivity index (χ3v) is 3.34. The SMILES string of the molecule is NC(CCC(=O)O)c1cccc(N2CCNC(=O)C2=O)c1. The van der Waals surface area contributed by atoms with Crippen LogP contribution in [0.3, 0.4) is 0 Å². The summed E-state index contributed by atoms with van der Waals surface area (Å²) in [6, 6.07) is 6.55. The average Bonchev–Trinajstić information content (AvgIpc) is 2.47. The maximum absolute atomic E-state index is 11.8. The predicted molar refractivity (Wildman–Crippen MR) is 75.6 cm³/mol. The molecular weight excluding hydrogens is 274 g/mol. The fourth-order valence-corrected chi connectivity index (χ4v) is 2.20.